The molecule has 6 nitrogen and oxygen atoms in total. The van der Waals surface area contributed by atoms with Crippen molar-refractivity contribution >= 4 is 11.8 Å². The minimum absolute atomic E-state index is 0.0328. The van der Waals surface area contributed by atoms with Crippen molar-refractivity contribution in [2.45, 2.75) is 57.4 Å². The van der Waals surface area contributed by atoms with Crippen molar-refractivity contribution < 1.29 is 18.4 Å². The lowest BCUT2D eigenvalue weighted by molar-refractivity contribution is -0.133. The van der Waals surface area contributed by atoms with Crippen LogP contribution in [0.15, 0.2) is 48.5 Å². The topological polar surface area (TPSA) is 75.2 Å². The molecule has 2 bridgehead atoms. The maximum absolute atomic E-state index is 14.5. The van der Waals surface area contributed by atoms with Gasteiger partial charge in [-0.3, -0.25) is 9.59 Å². The Bertz CT molecular complexity index is 1450. The van der Waals surface area contributed by atoms with Crippen LogP contribution in [0.2, 0.25) is 0 Å². The molecule has 0 spiro atoms. The molecule has 2 aliphatic carbocycles. The Balaban J connectivity index is 1.31. The van der Waals surface area contributed by atoms with E-state index in [1.807, 2.05) is 30.0 Å². The molecule has 0 saturated heterocycles. The summed E-state index contributed by atoms with van der Waals surface area (Å²) in [6.07, 6.45) is 1.94. The molecule has 196 valence electrons. The van der Waals surface area contributed by atoms with Gasteiger partial charge in [0.05, 0.1) is 29.4 Å². The summed E-state index contributed by atoms with van der Waals surface area (Å²) in [6.45, 7) is 7.35. The Labute approximate surface area is 220 Å². The Hall–Kier alpha value is -3.68. The van der Waals surface area contributed by atoms with Crippen LogP contribution in [0.4, 0.5) is 8.78 Å². The molecule has 1 N–H and O–H groups in total. The molecule has 38 heavy (non-hydrogen) atoms. The normalized spacial score (nSPS) is 24.2. The van der Waals surface area contributed by atoms with E-state index in [1.54, 1.807) is 12.1 Å². The van der Waals surface area contributed by atoms with Crippen LogP contribution in [-0.2, 0) is 10.2 Å². The fraction of sp³-hybridized carbons (Fsp3) is 0.400. The van der Waals surface area contributed by atoms with Crippen LogP contribution >= 0.6 is 0 Å². The monoisotopic (exact) mass is 516 g/mol. The van der Waals surface area contributed by atoms with E-state index in [1.165, 1.54) is 18.2 Å². The molecule has 0 radical (unpaired) electrons. The lowest BCUT2D eigenvalue weighted by Crippen LogP contribution is -2.48. The van der Waals surface area contributed by atoms with E-state index < -0.39 is 17.0 Å². The first-order chi connectivity index (χ1) is 18.2. The van der Waals surface area contributed by atoms with E-state index in [0.29, 0.717) is 18.7 Å². The molecule has 2 heterocycles. The highest BCUT2D eigenvalue weighted by Crippen LogP contribution is 2.67. The molecule has 3 aromatic rings. The van der Waals surface area contributed by atoms with Gasteiger partial charge in [-0.2, -0.15) is 10.2 Å². The number of hydrogen-bond acceptors (Lipinski definition) is 4. The molecular weight excluding hydrogens is 486 g/mol. The van der Waals surface area contributed by atoms with Crippen LogP contribution < -0.4 is 5.32 Å². The first kappa shape index (κ1) is 24.6. The number of nitrogens with one attached hydrogen (secondary N) is 1. The molecule has 3 aliphatic rings. The number of halogens is 2. The zero-order valence-electron chi connectivity index (χ0n) is 21.7. The molecule has 1 aromatic heterocycles. The van der Waals surface area contributed by atoms with Crippen molar-refractivity contribution in [3.8, 4) is 11.3 Å². The second kappa shape index (κ2) is 8.68. The maximum atomic E-state index is 14.5. The smallest absolute Gasteiger partial charge is 0.252 e. The third-order valence-corrected chi connectivity index (χ3v) is 9.30. The summed E-state index contributed by atoms with van der Waals surface area (Å²) < 4.78 is 29.0. The van der Waals surface area contributed by atoms with E-state index in [0.717, 1.165) is 29.7 Å². The van der Waals surface area contributed by atoms with Crippen molar-refractivity contribution in [2.75, 3.05) is 13.1 Å². The highest BCUT2D eigenvalue weighted by Gasteiger charge is 2.64. The molecule has 1 unspecified atom stereocenters. The van der Waals surface area contributed by atoms with Gasteiger partial charge >= 0.3 is 0 Å². The lowest BCUT2D eigenvalue weighted by atomic mass is 9.68. The molecule has 1 aliphatic heterocycles. The van der Waals surface area contributed by atoms with E-state index in [-0.39, 0.29) is 46.9 Å². The number of hydrogen-bond donors (Lipinski definition) is 1. The van der Waals surface area contributed by atoms with E-state index in [9.17, 15) is 18.4 Å². The third-order valence-electron chi connectivity index (χ3n) is 9.30. The number of amides is 2. The van der Waals surface area contributed by atoms with Gasteiger partial charge in [-0.05, 0) is 66.5 Å². The Kier molecular flexibility index (Phi) is 5.63. The molecule has 2 amide bonds. The highest BCUT2D eigenvalue weighted by molar-refractivity contribution is 5.99. The van der Waals surface area contributed by atoms with Gasteiger partial charge in [0.25, 0.3) is 5.91 Å². The van der Waals surface area contributed by atoms with Crippen LogP contribution in [0, 0.1) is 17.0 Å². The standard InChI is InChI=1S/C30H30F2N4O2/c1-4-36(25(37)15-23-17-8-5-6-9-18(17)28(38)33-23)16-30-13-12-20(29(30,2)3)19-14-24(34-35-27(19)30)26-21(31)10-7-11-22(26)32/h5-11,14,20,23H,4,12-13,15-16H2,1-3H3,(H,33,38)/t20-,23?,30-/m0/s1. The fourth-order valence-electron chi connectivity index (χ4n) is 7.13. The number of benzene rings is 2. The van der Waals surface area contributed by atoms with E-state index in [4.69, 9.17) is 0 Å². The number of fused-ring (bicyclic) bond motifs is 6. The number of carbonyl (C=O) groups excluding carboxylic acids is 2. The molecular formula is C30H30F2N4O2. The van der Waals surface area contributed by atoms with Crippen LogP contribution in [0.1, 0.15) is 79.2 Å². The molecule has 1 saturated carbocycles. The van der Waals surface area contributed by atoms with Crippen LogP contribution in [0.5, 0.6) is 0 Å². The van der Waals surface area contributed by atoms with Crippen molar-refractivity contribution in [3.05, 3.63) is 82.5 Å². The number of rotatable bonds is 6. The summed E-state index contributed by atoms with van der Waals surface area (Å²) in [5.74, 6) is -1.37. The number of carbonyl (C=O) groups is 2. The van der Waals surface area contributed by atoms with Crippen LogP contribution in [0.3, 0.4) is 0 Å². The molecule has 1 fully saturated rings. The van der Waals surface area contributed by atoms with Crippen molar-refractivity contribution in [1.29, 1.82) is 0 Å². The van der Waals surface area contributed by atoms with Crippen molar-refractivity contribution in [1.82, 2.24) is 20.4 Å². The largest absolute Gasteiger partial charge is 0.345 e. The third kappa shape index (κ3) is 3.42. The fourth-order valence-corrected chi connectivity index (χ4v) is 7.13. The average molecular weight is 517 g/mol. The summed E-state index contributed by atoms with van der Waals surface area (Å²) in [5.41, 5.74) is 2.64. The summed E-state index contributed by atoms with van der Waals surface area (Å²) in [5, 5.41) is 11.8. The van der Waals surface area contributed by atoms with Crippen LogP contribution in [0.25, 0.3) is 11.3 Å². The van der Waals surface area contributed by atoms with Gasteiger partial charge in [-0.25, -0.2) is 8.78 Å². The Morgan fingerprint density at radius 1 is 1.08 bits per heavy atom. The zero-order valence-corrected chi connectivity index (χ0v) is 21.7. The Morgan fingerprint density at radius 2 is 1.82 bits per heavy atom. The summed E-state index contributed by atoms with van der Waals surface area (Å²) in [6, 6.07) is 12.6. The van der Waals surface area contributed by atoms with Gasteiger partial charge in [0.1, 0.15) is 11.6 Å². The Morgan fingerprint density at radius 3 is 2.55 bits per heavy atom. The maximum Gasteiger partial charge on any atom is 0.252 e. The number of likely N-dealkylation sites (N-methyl/N-ethyl adjacent to an activating group) is 1. The number of aromatic nitrogens is 2. The summed E-state index contributed by atoms with van der Waals surface area (Å²) >= 11 is 0. The van der Waals surface area contributed by atoms with Crippen molar-refractivity contribution in [2.24, 2.45) is 5.41 Å². The molecule has 3 atom stereocenters. The lowest BCUT2D eigenvalue weighted by Gasteiger charge is -2.41. The van der Waals surface area contributed by atoms with Crippen LogP contribution in [-0.4, -0.2) is 40.0 Å². The first-order valence-corrected chi connectivity index (χ1v) is 13.2. The summed E-state index contributed by atoms with van der Waals surface area (Å²) in [4.78, 5) is 27.8. The molecule has 8 heteroatoms. The van der Waals surface area contributed by atoms with Gasteiger partial charge in [-0.1, -0.05) is 38.1 Å². The summed E-state index contributed by atoms with van der Waals surface area (Å²) in [7, 11) is 0. The predicted octanol–water partition coefficient (Wildman–Crippen LogP) is 5.30. The van der Waals surface area contributed by atoms with Crippen molar-refractivity contribution in [3.63, 3.8) is 0 Å². The second-order valence-corrected chi connectivity index (χ2v) is 11.3. The number of nitrogens with zero attached hydrogens (tertiary/aromatic N) is 3. The minimum atomic E-state index is -0.667. The van der Waals surface area contributed by atoms with E-state index in [2.05, 4.69) is 29.4 Å². The molecule has 6 rings (SSSR count). The SMILES string of the molecule is CCN(C[C@@]12CC[C@@H](c3cc(-c4c(F)cccc4F)nnc31)C2(C)C)C(=O)CC1NC(=O)c2ccccc21. The minimum Gasteiger partial charge on any atom is -0.345 e. The zero-order chi connectivity index (χ0) is 26.8. The average Bonchev–Trinajstić information content (AvgIpc) is 3.41. The van der Waals surface area contributed by atoms with Gasteiger partial charge in [0, 0.05) is 24.1 Å². The van der Waals surface area contributed by atoms with E-state index >= 15 is 0 Å². The van der Waals surface area contributed by atoms with Gasteiger partial charge in [0.15, 0.2) is 0 Å². The quantitative estimate of drug-likeness (QED) is 0.483. The van der Waals surface area contributed by atoms with Gasteiger partial charge in [-0.15, -0.1) is 0 Å². The highest BCUT2D eigenvalue weighted by atomic mass is 19.1. The van der Waals surface area contributed by atoms with Gasteiger partial charge < -0.3 is 10.2 Å². The van der Waals surface area contributed by atoms with Gasteiger partial charge in [0.2, 0.25) is 5.91 Å². The second-order valence-electron chi connectivity index (χ2n) is 11.3. The first-order valence-electron chi connectivity index (χ1n) is 13.2. The predicted molar refractivity (Wildman–Crippen MR) is 138 cm³/mol. The molecule has 2 aromatic carbocycles.